The molecule has 2 saturated carbocycles. The summed E-state index contributed by atoms with van der Waals surface area (Å²) in [6, 6.07) is 4.99. The lowest BCUT2D eigenvalue weighted by Crippen LogP contribution is -2.31. The average Bonchev–Trinajstić information content (AvgIpc) is 3.12. The number of aryl methyl sites for hydroxylation is 1. The number of rotatable bonds is 4. The van der Waals surface area contributed by atoms with Gasteiger partial charge in [-0.3, -0.25) is 4.98 Å². The van der Waals surface area contributed by atoms with Crippen molar-refractivity contribution in [3.8, 4) is 0 Å². The van der Waals surface area contributed by atoms with Crippen LogP contribution in [0.4, 0.5) is 0 Å². The molecule has 1 N–H and O–H groups in total. The Balaban J connectivity index is 1.65. The standard InChI is InChI=1S/C16H24N2/c1-11-7-8-12(18-10-11)9-15(17-2)16-13-5-3-4-6-14(13)16/h7-8,10,13-17H,3-6,9H2,1-2H3. The predicted octanol–water partition coefficient (Wildman–Crippen LogP) is 2.96. The molecular weight excluding hydrogens is 220 g/mol. The Morgan fingerprint density at radius 1 is 1.28 bits per heavy atom. The minimum Gasteiger partial charge on any atom is -0.316 e. The van der Waals surface area contributed by atoms with Gasteiger partial charge < -0.3 is 5.32 Å². The van der Waals surface area contributed by atoms with E-state index in [0.29, 0.717) is 6.04 Å². The fourth-order valence-corrected chi connectivity index (χ4v) is 3.92. The number of likely N-dealkylation sites (N-methyl/N-ethyl adjacent to an activating group) is 1. The van der Waals surface area contributed by atoms with Crippen molar-refractivity contribution in [1.29, 1.82) is 0 Å². The summed E-state index contributed by atoms with van der Waals surface area (Å²) < 4.78 is 0. The van der Waals surface area contributed by atoms with E-state index in [-0.39, 0.29) is 0 Å². The highest BCUT2D eigenvalue weighted by Gasteiger charge is 2.53. The molecule has 0 aliphatic heterocycles. The summed E-state index contributed by atoms with van der Waals surface area (Å²) in [5.41, 5.74) is 2.49. The summed E-state index contributed by atoms with van der Waals surface area (Å²) in [7, 11) is 2.11. The van der Waals surface area contributed by atoms with Gasteiger partial charge in [0.05, 0.1) is 0 Å². The monoisotopic (exact) mass is 244 g/mol. The Bertz CT molecular complexity index is 386. The molecule has 2 fully saturated rings. The molecular formula is C16H24N2. The van der Waals surface area contributed by atoms with Crippen molar-refractivity contribution in [1.82, 2.24) is 10.3 Å². The van der Waals surface area contributed by atoms with Crippen LogP contribution in [0.15, 0.2) is 18.3 Å². The van der Waals surface area contributed by atoms with Crippen molar-refractivity contribution in [2.24, 2.45) is 17.8 Å². The van der Waals surface area contributed by atoms with E-state index < -0.39 is 0 Å². The number of fused-ring (bicyclic) bond motifs is 1. The Labute approximate surface area is 110 Å². The van der Waals surface area contributed by atoms with Crippen LogP contribution in [0.5, 0.6) is 0 Å². The maximum absolute atomic E-state index is 4.55. The summed E-state index contributed by atoms with van der Waals surface area (Å²) in [6.07, 6.45) is 8.92. The summed E-state index contributed by atoms with van der Waals surface area (Å²) in [5.74, 6) is 2.95. The van der Waals surface area contributed by atoms with Crippen LogP contribution in [0.2, 0.25) is 0 Å². The van der Waals surface area contributed by atoms with Gasteiger partial charge in [0.1, 0.15) is 0 Å². The minimum absolute atomic E-state index is 0.633. The largest absolute Gasteiger partial charge is 0.316 e. The fourth-order valence-electron chi connectivity index (χ4n) is 3.92. The second kappa shape index (κ2) is 5.00. The first-order chi connectivity index (χ1) is 8.79. The van der Waals surface area contributed by atoms with Crippen LogP contribution in [0.3, 0.4) is 0 Å². The zero-order valence-electron chi connectivity index (χ0n) is 11.5. The summed E-state index contributed by atoms with van der Waals surface area (Å²) in [6.45, 7) is 2.10. The van der Waals surface area contributed by atoms with E-state index in [0.717, 1.165) is 24.2 Å². The third-order valence-corrected chi connectivity index (χ3v) is 4.96. The highest BCUT2D eigenvalue weighted by atomic mass is 14.9. The van der Waals surface area contributed by atoms with Crippen molar-refractivity contribution in [2.75, 3.05) is 7.05 Å². The van der Waals surface area contributed by atoms with E-state index in [1.54, 1.807) is 0 Å². The second-order valence-corrected chi connectivity index (χ2v) is 6.12. The van der Waals surface area contributed by atoms with Crippen LogP contribution in [0, 0.1) is 24.7 Å². The Morgan fingerprint density at radius 3 is 2.56 bits per heavy atom. The number of hydrogen-bond acceptors (Lipinski definition) is 2. The smallest absolute Gasteiger partial charge is 0.0419 e. The van der Waals surface area contributed by atoms with E-state index in [1.165, 1.54) is 36.9 Å². The molecule has 0 radical (unpaired) electrons. The van der Waals surface area contributed by atoms with Gasteiger partial charge in [0, 0.05) is 24.4 Å². The van der Waals surface area contributed by atoms with Crippen LogP contribution in [-0.2, 0) is 6.42 Å². The maximum atomic E-state index is 4.55. The van der Waals surface area contributed by atoms with Crippen molar-refractivity contribution >= 4 is 0 Å². The lowest BCUT2D eigenvalue weighted by Gasteiger charge is -2.16. The van der Waals surface area contributed by atoms with Gasteiger partial charge in [0.15, 0.2) is 0 Å². The van der Waals surface area contributed by atoms with Gasteiger partial charge in [-0.1, -0.05) is 18.9 Å². The zero-order chi connectivity index (χ0) is 12.5. The average molecular weight is 244 g/mol. The second-order valence-electron chi connectivity index (χ2n) is 6.12. The fraction of sp³-hybridized carbons (Fsp3) is 0.688. The Morgan fingerprint density at radius 2 is 2.00 bits per heavy atom. The molecule has 1 aromatic heterocycles. The molecule has 1 aromatic rings. The molecule has 3 atom stereocenters. The van der Waals surface area contributed by atoms with Crippen LogP contribution >= 0.6 is 0 Å². The Kier molecular flexibility index (Phi) is 3.38. The molecule has 2 nitrogen and oxygen atoms in total. The molecule has 18 heavy (non-hydrogen) atoms. The van der Waals surface area contributed by atoms with Gasteiger partial charge >= 0.3 is 0 Å². The highest BCUT2D eigenvalue weighted by molar-refractivity contribution is 5.15. The molecule has 2 aliphatic carbocycles. The van der Waals surface area contributed by atoms with Gasteiger partial charge in [-0.25, -0.2) is 0 Å². The van der Waals surface area contributed by atoms with Crippen molar-refractivity contribution in [3.63, 3.8) is 0 Å². The molecule has 0 saturated heterocycles. The number of hydrogen-bond donors (Lipinski definition) is 1. The number of aromatic nitrogens is 1. The Hall–Kier alpha value is -0.890. The topological polar surface area (TPSA) is 24.9 Å². The van der Waals surface area contributed by atoms with E-state index in [9.17, 15) is 0 Å². The third-order valence-electron chi connectivity index (χ3n) is 4.96. The molecule has 2 heteroatoms. The zero-order valence-corrected chi connectivity index (χ0v) is 11.5. The number of pyridine rings is 1. The quantitative estimate of drug-likeness (QED) is 0.881. The number of nitrogens with zero attached hydrogens (tertiary/aromatic N) is 1. The first-order valence-electron chi connectivity index (χ1n) is 7.38. The normalized spacial score (nSPS) is 31.8. The molecule has 0 bridgehead atoms. The summed E-state index contributed by atoms with van der Waals surface area (Å²) >= 11 is 0. The van der Waals surface area contributed by atoms with Gasteiger partial charge in [0.25, 0.3) is 0 Å². The van der Waals surface area contributed by atoms with Crippen molar-refractivity contribution < 1.29 is 0 Å². The lowest BCUT2D eigenvalue weighted by atomic mass is 10.0. The first-order valence-corrected chi connectivity index (χ1v) is 7.38. The maximum Gasteiger partial charge on any atom is 0.0419 e. The van der Waals surface area contributed by atoms with Gasteiger partial charge in [-0.2, -0.15) is 0 Å². The SMILES string of the molecule is CNC(Cc1ccc(C)cn1)C1C2CCCCC21. The number of nitrogens with one attached hydrogen (secondary N) is 1. The molecule has 2 aliphatic rings. The van der Waals surface area contributed by atoms with E-state index in [1.807, 2.05) is 6.20 Å². The summed E-state index contributed by atoms with van der Waals surface area (Å²) in [5, 5.41) is 3.54. The molecule has 98 valence electrons. The molecule has 0 spiro atoms. The van der Waals surface area contributed by atoms with Gasteiger partial charge in [-0.05, 0) is 56.2 Å². The summed E-state index contributed by atoms with van der Waals surface area (Å²) in [4.78, 5) is 4.55. The third kappa shape index (κ3) is 2.31. The van der Waals surface area contributed by atoms with E-state index in [4.69, 9.17) is 0 Å². The lowest BCUT2D eigenvalue weighted by molar-refractivity contribution is 0.456. The molecule has 3 unspecified atom stereocenters. The predicted molar refractivity (Wildman–Crippen MR) is 74.5 cm³/mol. The highest BCUT2D eigenvalue weighted by Crippen LogP contribution is 2.57. The molecule has 0 amide bonds. The van der Waals surface area contributed by atoms with Crippen LogP contribution in [0.25, 0.3) is 0 Å². The molecule has 3 rings (SSSR count). The van der Waals surface area contributed by atoms with Crippen LogP contribution < -0.4 is 5.32 Å². The minimum atomic E-state index is 0.633. The molecule has 1 heterocycles. The first kappa shape index (κ1) is 12.2. The van der Waals surface area contributed by atoms with Crippen LogP contribution in [0.1, 0.15) is 36.9 Å². The van der Waals surface area contributed by atoms with Crippen molar-refractivity contribution in [3.05, 3.63) is 29.6 Å². The van der Waals surface area contributed by atoms with Gasteiger partial charge in [0.2, 0.25) is 0 Å². The van der Waals surface area contributed by atoms with Gasteiger partial charge in [-0.15, -0.1) is 0 Å². The van der Waals surface area contributed by atoms with Crippen LogP contribution in [-0.4, -0.2) is 18.1 Å². The molecule has 0 aromatic carbocycles. The van der Waals surface area contributed by atoms with Crippen molar-refractivity contribution in [2.45, 2.75) is 45.1 Å². The van der Waals surface area contributed by atoms with E-state index in [2.05, 4.69) is 36.4 Å². The van der Waals surface area contributed by atoms with E-state index >= 15 is 0 Å².